The molecule has 1 N–H and O–H groups in total. The van der Waals surface area contributed by atoms with E-state index in [0.717, 1.165) is 10.8 Å². The Labute approximate surface area is 180 Å². The van der Waals surface area contributed by atoms with Crippen LogP contribution in [0.25, 0.3) is 10.8 Å². The van der Waals surface area contributed by atoms with Crippen molar-refractivity contribution in [3.63, 3.8) is 0 Å². The molecule has 0 bridgehead atoms. The maximum Gasteiger partial charge on any atom is 0.448 e. The van der Waals surface area contributed by atoms with Crippen LogP contribution in [0.1, 0.15) is 10.4 Å². The Morgan fingerprint density at radius 3 is 2.08 bits per heavy atom. The number of allylic oxidation sites excluding steroid dienone is 2. The molecule has 24 heavy (non-hydrogen) atoms. The fourth-order valence-electron chi connectivity index (χ4n) is 1.63. The van der Waals surface area contributed by atoms with E-state index in [4.69, 9.17) is 5.11 Å². The maximum atomic E-state index is 12.1. The average molecular weight is 496 g/mol. The first-order valence-electron chi connectivity index (χ1n) is 6.37. The molecule has 2 rings (SSSR count). The zero-order valence-corrected chi connectivity index (χ0v) is 16.0. The molecular formula is C16H15EuF3O3S. The molecule has 8 heteroatoms. The Hall–Kier alpha value is -0.566. The van der Waals surface area contributed by atoms with Gasteiger partial charge in [0.25, 0.3) is 0 Å². The van der Waals surface area contributed by atoms with Gasteiger partial charge < -0.3 is 5.11 Å². The van der Waals surface area contributed by atoms with Gasteiger partial charge in [0.1, 0.15) is 0 Å². The van der Waals surface area contributed by atoms with E-state index in [2.05, 4.69) is 0 Å². The predicted molar refractivity (Wildman–Crippen MR) is 85.0 cm³/mol. The van der Waals surface area contributed by atoms with Gasteiger partial charge in [-0.25, -0.2) is 0 Å². The summed E-state index contributed by atoms with van der Waals surface area (Å²) < 4.78 is 45.9. The maximum absolute atomic E-state index is 12.1. The smallest absolute Gasteiger partial charge is 0.448 e. The molecule has 0 fully saturated rings. The minimum Gasteiger partial charge on any atom is -0.504 e. The van der Waals surface area contributed by atoms with Crippen LogP contribution in [0.5, 0.6) is 0 Å². The molecule has 0 saturated carbocycles. The van der Waals surface area contributed by atoms with Gasteiger partial charge in [-0.15, -0.1) is 0 Å². The summed E-state index contributed by atoms with van der Waals surface area (Å²) in [6.07, 6.45) is -1.45. The minimum absolute atomic E-state index is 0. The summed E-state index contributed by atoms with van der Waals surface area (Å²) in [4.78, 5) is 11.6. The second kappa shape index (κ2) is 10.4. The molecule has 3 nitrogen and oxygen atoms in total. The molecular weight excluding hydrogens is 481 g/mol. The zero-order valence-electron chi connectivity index (χ0n) is 12.8. The summed E-state index contributed by atoms with van der Waals surface area (Å²) in [7, 11) is -0.611. The normalized spacial score (nSPS) is 11.5. The molecule has 0 aliphatic heterocycles. The minimum atomic E-state index is -4.91. The predicted octanol–water partition coefficient (Wildman–Crippen LogP) is 4.02. The molecule has 0 spiro atoms. The van der Waals surface area contributed by atoms with Gasteiger partial charge in [-0.1, -0.05) is 36.4 Å². The number of hydrogen-bond donors (Lipinski definition) is 1. The standard InChI is InChI=1S/C14H9F3O2.C2H6OS.Eu/c15-14(16,17)13(19)8-12(18)11-6-5-9-3-1-2-4-10(9)7-11;1-4(2)3;/h1-8,19H;1-2H3;. The first-order valence-corrected chi connectivity index (χ1v) is 8.34. The summed E-state index contributed by atoms with van der Waals surface area (Å²) in [5.41, 5.74) is 0.0921. The van der Waals surface area contributed by atoms with E-state index in [1.54, 1.807) is 30.7 Å². The van der Waals surface area contributed by atoms with Crippen LogP contribution in [-0.2, 0) is 10.8 Å². The van der Waals surface area contributed by atoms with E-state index in [0.29, 0.717) is 0 Å². The van der Waals surface area contributed by atoms with E-state index in [-0.39, 0.29) is 61.0 Å². The van der Waals surface area contributed by atoms with E-state index in [1.807, 2.05) is 12.1 Å². The molecule has 0 aliphatic rings. The van der Waals surface area contributed by atoms with Gasteiger partial charge in [0.15, 0.2) is 5.78 Å². The van der Waals surface area contributed by atoms with Crippen LogP contribution < -0.4 is 0 Å². The quantitative estimate of drug-likeness (QED) is 0.389. The van der Waals surface area contributed by atoms with Crippen LogP contribution in [0.2, 0.25) is 0 Å². The van der Waals surface area contributed by atoms with Crippen molar-refractivity contribution in [1.82, 2.24) is 0 Å². The second-order valence-corrected chi connectivity index (χ2v) is 6.18. The van der Waals surface area contributed by atoms with E-state index in [9.17, 15) is 22.2 Å². The molecule has 0 amide bonds. The van der Waals surface area contributed by atoms with Gasteiger partial charge in [0.2, 0.25) is 5.76 Å². The number of ketones is 1. The van der Waals surface area contributed by atoms with Crippen molar-refractivity contribution in [3.8, 4) is 0 Å². The molecule has 0 unspecified atom stereocenters. The van der Waals surface area contributed by atoms with Gasteiger partial charge in [-0.2, -0.15) is 13.2 Å². The Morgan fingerprint density at radius 2 is 1.58 bits per heavy atom. The molecule has 2 aromatic rings. The Kier molecular flexibility index (Phi) is 10.2. The number of rotatable bonds is 2. The van der Waals surface area contributed by atoms with E-state index >= 15 is 0 Å². The third kappa shape index (κ3) is 8.01. The number of benzene rings is 2. The second-order valence-electron chi connectivity index (χ2n) is 4.70. The van der Waals surface area contributed by atoms with E-state index < -0.39 is 28.5 Å². The first-order chi connectivity index (χ1) is 10.6. The van der Waals surface area contributed by atoms with Crippen molar-refractivity contribution in [2.45, 2.75) is 6.18 Å². The zero-order chi connectivity index (χ0) is 17.6. The van der Waals surface area contributed by atoms with Crippen molar-refractivity contribution in [3.05, 3.63) is 59.9 Å². The largest absolute Gasteiger partial charge is 0.504 e. The number of alkyl halides is 3. The SMILES string of the molecule is CS(C)=O.O=C(C=C(O)C(F)(F)F)c1ccc2ccccc2c1.[Eu]. The van der Waals surface area contributed by atoms with Gasteiger partial charge in [0, 0.05) is 84.3 Å². The third-order valence-corrected chi connectivity index (χ3v) is 2.59. The Morgan fingerprint density at radius 1 is 1.08 bits per heavy atom. The van der Waals surface area contributed by atoms with Crippen LogP contribution in [0.4, 0.5) is 13.2 Å². The monoisotopic (exact) mass is 497 g/mol. The Balaban J connectivity index is 0.000000954. The molecule has 0 aliphatic carbocycles. The summed E-state index contributed by atoms with van der Waals surface area (Å²) >= 11 is 0. The van der Waals surface area contributed by atoms with Gasteiger partial charge in [-0.05, 0) is 16.8 Å². The Bertz CT molecular complexity index is 754. The number of aliphatic hydroxyl groups is 1. The molecule has 0 saturated heterocycles. The third-order valence-electron chi connectivity index (χ3n) is 2.59. The average Bonchev–Trinajstić information content (AvgIpc) is 2.45. The van der Waals surface area contributed by atoms with Crippen LogP contribution in [0, 0.1) is 49.4 Å². The van der Waals surface area contributed by atoms with Gasteiger partial charge in [-0.3, -0.25) is 9.00 Å². The number of hydrogen-bond acceptors (Lipinski definition) is 3. The van der Waals surface area contributed by atoms with Crippen molar-refractivity contribution < 1.29 is 76.7 Å². The van der Waals surface area contributed by atoms with Crippen molar-refractivity contribution in [1.29, 1.82) is 0 Å². The van der Waals surface area contributed by atoms with Gasteiger partial charge >= 0.3 is 6.18 Å². The molecule has 0 aromatic heterocycles. The number of carbonyl (C=O) groups is 1. The fraction of sp³-hybridized carbons (Fsp3) is 0.188. The molecule has 131 valence electrons. The van der Waals surface area contributed by atoms with Crippen LogP contribution in [-0.4, -0.2) is 33.8 Å². The molecule has 0 atom stereocenters. The van der Waals surface area contributed by atoms with Gasteiger partial charge in [0.05, 0.1) is 0 Å². The number of carbonyl (C=O) groups excluding carboxylic acids is 1. The topological polar surface area (TPSA) is 54.4 Å². The molecule has 1 radical (unpaired) electrons. The summed E-state index contributed by atoms with van der Waals surface area (Å²) in [5.74, 6) is -2.79. The van der Waals surface area contributed by atoms with Crippen LogP contribution in [0.3, 0.4) is 0 Å². The van der Waals surface area contributed by atoms with E-state index in [1.165, 1.54) is 12.1 Å². The summed E-state index contributed by atoms with van der Waals surface area (Å²) in [6.45, 7) is 0. The number of aliphatic hydroxyl groups excluding tert-OH is 1. The first kappa shape index (κ1) is 23.4. The van der Waals surface area contributed by atoms with Crippen molar-refractivity contribution in [2.75, 3.05) is 12.5 Å². The number of halogens is 3. The molecule has 0 heterocycles. The molecule has 2 aromatic carbocycles. The van der Waals surface area contributed by atoms with Crippen LogP contribution >= 0.6 is 0 Å². The fourth-order valence-corrected chi connectivity index (χ4v) is 1.63. The summed E-state index contributed by atoms with van der Waals surface area (Å²) in [5, 5.41) is 10.4. The van der Waals surface area contributed by atoms with Crippen molar-refractivity contribution in [2.24, 2.45) is 0 Å². The van der Waals surface area contributed by atoms with Crippen molar-refractivity contribution >= 4 is 27.4 Å². The van der Waals surface area contributed by atoms with Crippen LogP contribution in [0.15, 0.2) is 54.3 Å². The number of fused-ring (bicyclic) bond motifs is 1. The summed E-state index contributed by atoms with van der Waals surface area (Å²) in [6, 6.07) is 11.7.